The van der Waals surface area contributed by atoms with Crippen LogP contribution in [0.2, 0.25) is 0 Å². The summed E-state index contributed by atoms with van der Waals surface area (Å²) in [6.07, 6.45) is 1.98. The third kappa shape index (κ3) is 6.43. The van der Waals surface area contributed by atoms with Crippen molar-refractivity contribution in [1.82, 2.24) is 24.7 Å². The van der Waals surface area contributed by atoms with Crippen molar-refractivity contribution in [3.05, 3.63) is 42.2 Å². The smallest absolute Gasteiger partial charge is 0.243 e. The minimum Gasteiger partial charge on any atom is -0.494 e. The number of nitrogens with zero attached hydrogens (tertiary/aromatic N) is 7. The molecular weight excluding hydrogens is 540 g/mol. The number of hydrogen-bond donors (Lipinski definition) is 1. The lowest BCUT2D eigenvalue weighted by atomic mass is 10.2. The molecule has 0 spiro atoms. The molecule has 0 aliphatic heterocycles. The van der Waals surface area contributed by atoms with Gasteiger partial charge < -0.3 is 18.9 Å². The Hall–Kier alpha value is -4.37. The van der Waals surface area contributed by atoms with Crippen molar-refractivity contribution in [3.63, 3.8) is 0 Å². The molecule has 0 aliphatic carbocycles. The lowest BCUT2D eigenvalue weighted by Crippen LogP contribution is -2.41. The van der Waals surface area contributed by atoms with E-state index in [1.54, 1.807) is 30.5 Å². The van der Waals surface area contributed by atoms with E-state index in [0.29, 0.717) is 17.3 Å². The van der Waals surface area contributed by atoms with Crippen molar-refractivity contribution in [2.45, 2.75) is 32.1 Å². The van der Waals surface area contributed by atoms with E-state index in [1.807, 2.05) is 13.8 Å². The molecule has 0 bridgehead atoms. The predicted octanol–water partition coefficient (Wildman–Crippen LogP) is 2.92. The number of methoxy groups -OCH3 is 4. The third-order valence-electron chi connectivity index (χ3n) is 5.59. The zero-order chi connectivity index (χ0) is 29.4. The normalized spacial score (nSPS) is 13.2. The van der Waals surface area contributed by atoms with E-state index in [9.17, 15) is 8.42 Å². The zero-order valence-corrected chi connectivity index (χ0v) is 24.1. The SMILES string of the molecule is C=N/C(=N\C=C(C)C)[C@@H](OC)[C@H](C)S(=O)(=O)Nc1nnc(-c2cccc(OC)n2)n1-c1c(OC)ccnc1OC. The molecule has 14 nitrogen and oxygen atoms in total. The summed E-state index contributed by atoms with van der Waals surface area (Å²) in [6, 6.07) is 6.63. The van der Waals surface area contributed by atoms with Gasteiger partial charge in [0.15, 0.2) is 17.3 Å². The Morgan fingerprint density at radius 1 is 1.10 bits per heavy atom. The second-order valence-corrected chi connectivity index (χ2v) is 10.5. The summed E-state index contributed by atoms with van der Waals surface area (Å²) in [5.74, 6) is 0.830. The second-order valence-electron chi connectivity index (χ2n) is 8.48. The molecule has 15 heteroatoms. The highest BCUT2D eigenvalue weighted by Gasteiger charge is 2.35. The van der Waals surface area contributed by atoms with Gasteiger partial charge in [-0.05, 0) is 33.6 Å². The average Bonchev–Trinajstić information content (AvgIpc) is 3.36. The standard InChI is InChI=1S/C25H32N8O6S/c1-15(2)14-28-22(26-4)21(38-7)16(3)40(34,35)32-25-31-30-23(17-10-9-11-19(29-17)37-6)33(25)20-18(36-5)12-13-27-24(20)39-8/h9-14,16,21H,4H2,1-3,5-8H3,(H,31,32)/b28-22-/t16-,21-/m0/s1. The van der Waals surface area contributed by atoms with E-state index >= 15 is 0 Å². The Labute approximate surface area is 232 Å². The number of aliphatic imine (C=N–C) groups is 2. The summed E-state index contributed by atoms with van der Waals surface area (Å²) in [5.41, 5.74) is 1.46. The van der Waals surface area contributed by atoms with Gasteiger partial charge in [-0.25, -0.2) is 28.4 Å². The Kier molecular flexibility index (Phi) is 9.90. The van der Waals surface area contributed by atoms with Crippen LogP contribution in [0.25, 0.3) is 17.2 Å². The first kappa shape index (κ1) is 30.2. The van der Waals surface area contributed by atoms with Gasteiger partial charge in [0.05, 0.1) is 21.3 Å². The Morgan fingerprint density at radius 3 is 2.45 bits per heavy atom. The summed E-state index contributed by atoms with van der Waals surface area (Å²) < 4.78 is 53.0. The highest BCUT2D eigenvalue weighted by atomic mass is 32.2. The quantitative estimate of drug-likeness (QED) is 0.252. The van der Waals surface area contributed by atoms with Crippen molar-refractivity contribution in [2.24, 2.45) is 9.98 Å². The van der Waals surface area contributed by atoms with E-state index in [1.165, 1.54) is 46.1 Å². The van der Waals surface area contributed by atoms with Crippen LogP contribution in [0.15, 0.2) is 52.2 Å². The summed E-state index contributed by atoms with van der Waals surface area (Å²) in [4.78, 5) is 16.8. The topological polar surface area (TPSA) is 164 Å². The van der Waals surface area contributed by atoms with Gasteiger partial charge in [0.2, 0.25) is 27.7 Å². The fraction of sp³-hybridized carbons (Fsp3) is 0.360. The summed E-state index contributed by atoms with van der Waals surface area (Å²) in [7, 11) is 1.51. The van der Waals surface area contributed by atoms with E-state index in [-0.39, 0.29) is 29.2 Å². The van der Waals surface area contributed by atoms with Gasteiger partial charge in [-0.1, -0.05) is 11.6 Å². The van der Waals surface area contributed by atoms with Crippen molar-refractivity contribution in [2.75, 3.05) is 33.2 Å². The molecule has 2 atom stereocenters. The fourth-order valence-corrected chi connectivity index (χ4v) is 4.74. The van der Waals surface area contributed by atoms with Crippen molar-refractivity contribution in [3.8, 4) is 34.7 Å². The first-order chi connectivity index (χ1) is 19.1. The van der Waals surface area contributed by atoms with Crippen LogP contribution in [0.1, 0.15) is 20.8 Å². The second kappa shape index (κ2) is 13.1. The van der Waals surface area contributed by atoms with Crippen molar-refractivity contribution < 1.29 is 27.4 Å². The van der Waals surface area contributed by atoms with Gasteiger partial charge in [0.1, 0.15) is 22.8 Å². The molecule has 40 heavy (non-hydrogen) atoms. The molecule has 0 fully saturated rings. The molecule has 3 heterocycles. The number of sulfonamides is 1. The lowest BCUT2D eigenvalue weighted by molar-refractivity contribution is 0.154. The molecular formula is C25H32N8O6S. The van der Waals surface area contributed by atoms with Crippen LogP contribution < -0.4 is 18.9 Å². The number of pyridine rings is 2. The molecule has 214 valence electrons. The maximum absolute atomic E-state index is 13.7. The molecule has 0 amide bonds. The Balaban J connectivity index is 2.20. The summed E-state index contributed by atoms with van der Waals surface area (Å²) in [6.45, 7) is 8.66. The summed E-state index contributed by atoms with van der Waals surface area (Å²) in [5, 5.41) is 7.19. The molecule has 0 radical (unpaired) electrons. The maximum Gasteiger partial charge on any atom is 0.243 e. The fourth-order valence-electron chi connectivity index (χ4n) is 3.61. The van der Waals surface area contributed by atoms with E-state index in [0.717, 1.165) is 5.57 Å². The Morgan fingerprint density at radius 2 is 1.85 bits per heavy atom. The van der Waals surface area contributed by atoms with Crippen molar-refractivity contribution >= 4 is 28.5 Å². The van der Waals surface area contributed by atoms with E-state index in [2.05, 4.69) is 41.6 Å². The highest BCUT2D eigenvalue weighted by Crippen LogP contribution is 2.36. The highest BCUT2D eigenvalue weighted by molar-refractivity contribution is 7.93. The van der Waals surface area contributed by atoms with Crippen LogP contribution in [0.4, 0.5) is 5.95 Å². The first-order valence-electron chi connectivity index (χ1n) is 11.9. The molecule has 3 rings (SSSR count). The Bertz CT molecular complexity index is 1490. The number of allylic oxidation sites excluding steroid dienone is 1. The van der Waals surface area contributed by atoms with Crippen LogP contribution in [0, 0.1) is 0 Å². The van der Waals surface area contributed by atoms with Gasteiger partial charge in [0, 0.05) is 31.6 Å². The molecule has 1 N–H and O–H groups in total. The molecule has 0 saturated carbocycles. The minimum atomic E-state index is -4.20. The largest absolute Gasteiger partial charge is 0.494 e. The van der Waals surface area contributed by atoms with Gasteiger partial charge in [-0.15, -0.1) is 10.2 Å². The number of amidine groups is 1. The van der Waals surface area contributed by atoms with Gasteiger partial charge in [0.25, 0.3) is 0 Å². The van der Waals surface area contributed by atoms with E-state index in [4.69, 9.17) is 18.9 Å². The maximum atomic E-state index is 13.7. The predicted molar refractivity (Wildman–Crippen MR) is 151 cm³/mol. The van der Waals surface area contributed by atoms with Gasteiger partial charge in [-0.2, -0.15) is 0 Å². The average molecular weight is 573 g/mol. The third-order valence-corrected chi connectivity index (χ3v) is 7.28. The van der Waals surface area contributed by atoms with Crippen LogP contribution in [0.5, 0.6) is 17.5 Å². The molecule has 0 saturated heterocycles. The van der Waals surface area contributed by atoms with Crippen LogP contribution in [-0.4, -0.2) is 85.5 Å². The molecule has 0 aliphatic rings. The first-order valence-corrected chi connectivity index (χ1v) is 13.4. The molecule has 0 unspecified atom stereocenters. The monoisotopic (exact) mass is 572 g/mol. The zero-order valence-electron chi connectivity index (χ0n) is 23.3. The number of aromatic nitrogens is 5. The number of nitrogens with one attached hydrogen (secondary N) is 1. The molecule has 3 aromatic rings. The molecule has 0 aromatic carbocycles. The number of rotatable bonds is 12. The van der Waals surface area contributed by atoms with E-state index < -0.39 is 21.4 Å². The number of hydrogen-bond acceptors (Lipinski definition) is 11. The van der Waals surface area contributed by atoms with Crippen LogP contribution in [-0.2, 0) is 14.8 Å². The van der Waals surface area contributed by atoms with Crippen LogP contribution >= 0.6 is 0 Å². The number of anilines is 1. The number of ether oxygens (including phenoxy) is 4. The minimum absolute atomic E-state index is 0.0971. The van der Waals surface area contributed by atoms with Crippen LogP contribution in [0.3, 0.4) is 0 Å². The summed E-state index contributed by atoms with van der Waals surface area (Å²) >= 11 is 0. The van der Waals surface area contributed by atoms with Crippen molar-refractivity contribution in [1.29, 1.82) is 0 Å². The van der Waals surface area contributed by atoms with Gasteiger partial charge in [-0.3, -0.25) is 9.29 Å². The lowest BCUT2D eigenvalue weighted by Gasteiger charge is -2.23. The van der Waals surface area contributed by atoms with Gasteiger partial charge >= 0.3 is 0 Å². The molecule has 3 aromatic heterocycles.